The zero-order valence-electron chi connectivity index (χ0n) is 13.9. The van der Waals surface area contributed by atoms with Gasteiger partial charge in [0.15, 0.2) is 0 Å². The SMILES string of the molecule is CC(C)C[C@H](N)C(=O)NC1CCN(C2CCCC2)CC1.Cl.Cl. The van der Waals surface area contributed by atoms with Crippen molar-refractivity contribution in [1.29, 1.82) is 0 Å². The molecule has 1 saturated heterocycles. The van der Waals surface area contributed by atoms with Crippen molar-refractivity contribution in [2.75, 3.05) is 13.1 Å². The third kappa shape index (κ3) is 6.61. The molecule has 22 heavy (non-hydrogen) atoms. The fourth-order valence-electron chi connectivity index (χ4n) is 3.60. The minimum Gasteiger partial charge on any atom is -0.352 e. The predicted octanol–water partition coefficient (Wildman–Crippen LogP) is 2.73. The van der Waals surface area contributed by atoms with Crippen LogP contribution in [0.25, 0.3) is 0 Å². The van der Waals surface area contributed by atoms with Crippen LogP contribution in [0.15, 0.2) is 0 Å². The van der Waals surface area contributed by atoms with Crippen molar-refractivity contribution in [3.05, 3.63) is 0 Å². The molecule has 0 aromatic rings. The van der Waals surface area contributed by atoms with Crippen LogP contribution in [0.1, 0.15) is 58.8 Å². The van der Waals surface area contributed by atoms with E-state index in [-0.39, 0.29) is 36.8 Å². The van der Waals surface area contributed by atoms with Crippen LogP contribution in [0.5, 0.6) is 0 Å². The lowest BCUT2D eigenvalue weighted by Gasteiger charge is -2.36. The first-order valence-corrected chi connectivity index (χ1v) is 8.36. The van der Waals surface area contributed by atoms with E-state index in [2.05, 4.69) is 24.1 Å². The molecule has 2 fully saturated rings. The fraction of sp³-hybridized carbons (Fsp3) is 0.938. The van der Waals surface area contributed by atoms with Crippen LogP contribution in [0, 0.1) is 5.92 Å². The van der Waals surface area contributed by atoms with E-state index in [1.165, 1.54) is 25.7 Å². The first kappa shape index (κ1) is 22.0. The molecule has 132 valence electrons. The molecule has 6 heteroatoms. The molecule has 2 rings (SSSR count). The van der Waals surface area contributed by atoms with Crippen molar-refractivity contribution in [3.63, 3.8) is 0 Å². The van der Waals surface area contributed by atoms with E-state index >= 15 is 0 Å². The molecular formula is C16H33Cl2N3O. The number of nitrogens with one attached hydrogen (secondary N) is 1. The largest absolute Gasteiger partial charge is 0.352 e. The lowest BCUT2D eigenvalue weighted by Crippen LogP contribution is -2.51. The van der Waals surface area contributed by atoms with Crippen LogP contribution in [-0.4, -0.2) is 42.0 Å². The first-order chi connectivity index (χ1) is 9.56. The van der Waals surface area contributed by atoms with Gasteiger partial charge >= 0.3 is 0 Å². The van der Waals surface area contributed by atoms with Gasteiger partial charge in [-0.15, -0.1) is 24.8 Å². The molecule has 0 spiro atoms. The number of hydrogen-bond donors (Lipinski definition) is 2. The molecule has 1 amide bonds. The van der Waals surface area contributed by atoms with Crippen molar-refractivity contribution in [1.82, 2.24) is 10.2 Å². The smallest absolute Gasteiger partial charge is 0.237 e. The Bertz CT molecular complexity index is 315. The van der Waals surface area contributed by atoms with E-state index in [1.54, 1.807) is 0 Å². The summed E-state index contributed by atoms with van der Waals surface area (Å²) in [4.78, 5) is 14.7. The number of nitrogens with zero attached hydrogens (tertiary/aromatic N) is 1. The Kier molecular flexibility index (Phi) is 10.7. The number of nitrogens with two attached hydrogens (primary N) is 1. The average molecular weight is 354 g/mol. The molecule has 2 aliphatic rings. The molecular weight excluding hydrogens is 321 g/mol. The number of carbonyl (C=O) groups is 1. The summed E-state index contributed by atoms with van der Waals surface area (Å²) in [5.74, 6) is 0.512. The number of rotatable bonds is 5. The molecule has 0 aromatic heterocycles. The number of piperidine rings is 1. The van der Waals surface area contributed by atoms with Gasteiger partial charge in [-0.3, -0.25) is 4.79 Å². The Morgan fingerprint density at radius 2 is 1.68 bits per heavy atom. The van der Waals surface area contributed by atoms with Crippen molar-refractivity contribution in [2.45, 2.75) is 76.9 Å². The van der Waals surface area contributed by atoms with Gasteiger partial charge in [-0.1, -0.05) is 26.7 Å². The maximum absolute atomic E-state index is 12.0. The molecule has 4 nitrogen and oxygen atoms in total. The normalized spacial score (nSPS) is 22.0. The Morgan fingerprint density at radius 1 is 1.14 bits per heavy atom. The second kappa shape index (κ2) is 10.7. The molecule has 1 heterocycles. The van der Waals surface area contributed by atoms with Gasteiger partial charge in [0.25, 0.3) is 0 Å². The second-order valence-corrected chi connectivity index (χ2v) is 6.99. The summed E-state index contributed by atoms with van der Waals surface area (Å²) in [5, 5.41) is 3.14. The van der Waals surface area contributed by atoms with E-state index in [9.17, 15) is 4.79 Å². The zero-order chi connectivity index (χ0) is 14.5. The van der Waals surface area contributed by atoms with Crippen LogP contribution < -0.4 is 11.1 Å². The number of amides is 1. The molecule has 0 aromatic carbocycles. The quantitative estimate of drug-likeness (QED) is 0.798. The minimum absolute atomic E-state index is 0. The number of likely N-dealkylation sites (tertiary alicyclic amines) is 1. The highest BCUT2D eigenvalue weighted by Crippen LogP contribution is 2.26. The Morgan fingerprint density at radius 3 is 2.18 bits per heavy atom. The second-order valence-electron chi connectivity index (χ2n) is 6.99. The highest BCUT2D eigenvalue weighted by atomic mass is 35.5. The maximum atomic E-state index is 12.0. The lowest BCUT2D eigenvalue weighted by molar-refractivity contribution is -0.123. The van der Waals surface area contributed by atoms with Gasteiger partial charge in [-0.05, 0) is 38.0 Å². The van der Waals surface area contributed by atoms with Gasteiger partial charge in [-0.25, -0.2) is 0 Å². The highest BCUT2D eigenvalue weighted by Gasteiger charge is 2.28. The van der Waals surface area contributed by atoms with Gasteiger partial charge in [0.05, 0.1) is 6.04 Å². The molecule has 1 saturated carbocycles. The first-order valence-electron chi connectivity index (χ1n) is 8.36. The summed E-state index contributed by atoms with van der Waals surface area (Å²) in [6.07, 6.45) is 8.46. The highest BCUT2D eigenvalue weighted by molar-refractivity contribution is 5.85. The molecule has 0 radical (unpaired) electrons. The predicted molar refractivity (Wildman–Crippen MR) is 96.9 cm³/mol. The van der Waals surface area contributed by atoms with Crippen molar-refractivity contribution >= 4 is 30.7 Å². The van der Waals surface area contributed by atoms with Gasteiger partial charge in [0.2, 0.25) is 5.91 Å². The van der Waals surface area contributed by atoms with Crippen molar-refractivity contribution < 1.29 is 4.79 Å². The van der Waals surface area contributed by atoms with Crippen LogP contribution >= 0.6 is 24.8 Å². The van der Waals surface area contributed by atoms with E-state index < -0.39 is 0 Å². The fourth-order valence-corrected chi connectivity index (χ4v) is 3.60. The molecule has 1 aliphatic carbocycles. The minimum atomic E-state index is -0.345. The van der Waals surface area contributed by atoms with Gasteiger partial charge in [0.1, 0.15) is 0 Å². The standard InChI is InChI=1S/C16H31N3O.2ClH/c1-12(2)11-15(17)16(20)18-13-7-9-19(10-8-13)14-5-3-4-6-14;;/h12-15H,3-11,17H2,1-2H3,(H,18,20);2*1H/t15-;;/m0../s1. The molecule has 3 N–H and O–H groups in total. The third-order valence-corrected chi connectivity index (χ3v) is 4.78. The van der Waals surface area contributed by atoms with Crippen molar-refractivity contribution in [2.24, 2.45) is 11.7 Å². The van der Waals surface area contributed by atoms with Gasteiger partial charge in [0, 0.05) is 25.2 Å². The van der Waals surface area contributed by atoms with Crippen LogP contribution in [0.2, 0.25) is 0 Å². The number of halogens is 2. The van der Waals surface area contributed by atoms with E-state index in [1.807, 2.05) is 0 Å². The number of carbonyl (C=O) groups excluding carboxylic acids is 1. The maximum Gasteiger partial charge on any atom is 0.237 e. The monoisotopic (exact) mass is 353 g/mol. The molecule has 0 unspecified atom stereocenters. The van der Waals surface area contributed by atoms with E-state index in [4.69, 9.17) is 5.73 Å². The molecule has 1 atom stereocenters. The Hall–Kier alpha value is -0.0300. The van der Waals surface area contributed by atoms with E-state index in [0.717, 1.165) is 38.4 Å². The summed E-state index contributed by atoms with van der Waals surface area (Å²) in [6.45, 7) is 6.48. The van der Waals surface area contributed by atoms with Gasteiger partial charge < -0.3 is 16.0 Å². The molecule has 1 aliphatic heterocycles. The number of hydrogen-bond acceptors (Lipinski definition) is 3. The summed E-state index contributed by atoms with van der Waals surface area (Å²) in [7, 11) is 0. The van der Waals surface area contributed by atoms with Crippen molar-refractivity contribution in [3.8, 4) is 0 Å². The summed E-state index contributed by atoms with van der Waals surface area (Å²) < 4.78 is 0. The Labute approximate surface area is 147 Å². The van der Waals surface area contributed by atoms with Crippen LogP contribution in [-0.2, 0) is 4.79 Å². The van der Waals surface area contributed by atoms with Crippen LogP contribution in [0.4, 0.5) is 0 Å². The summed E-state index contributed by atoms with van der Waals surface area (Å²) >= 11 is 0. The lowest BCUT2D eigenvalue weighted by atomic mass is 10.0. The van der Waals surface area contributed by atoms with Crippen LogP contribution in [0.3, 0.4) is 0 Å². The van der Waals surface area contributed by atoms with Gasteiger partial charge in [-0.2, -0.15) is 0 Å². The van der Waals surface area contributed by atoms with E-state index in [0.29, 0.717) is 12.0 Å². The Balaban J connectivity index is 0.00000220. The average Bonchev–Trinajstić information content (AvgIpc) is 2.92. The molecule has 0 bridgehead atoms. The summed E-state index contributed by atoms with van der Waals surface area (Å²) in [5.41, 5.74) is 5.94. The third-order valence-electron chi connectivity index (χ3n) is 4.78. The summed E-state index contributed by atoms with van der Waals surface area (Å²) in [6, 6.07) is 0.802. The topological polar surface area (TPSA) is 58.4 Å². The zero-order valence-corrected chi connectivity index (χ0v) is 15.6.